The normalized spacial score (nSPS) is 13.0. The number of nitrogens with one attached hydrogen (secondary N) is 2. The predicted octanol–water partition coefficient (Wildman–Crippen LogP) is 4.64. The summed E-state index contributed by atoms with van der Waals surface area (Å²) in [5.74, 6) is 1.85. The van der Waals surface area contributed by atoms with E-state index in [4.69, 9.17) is 4.74 Å². The minimum atomic E-state index is -0.321. The minimum Gasteiger partial charge on any atom is -0.462 e. The second kappa shape index (κ2) is 8.08. The monoisotopic (exact) mass is 374 g/mol. The van der Waals surface area contributed by atoms with E-state index in [1.54, 1.807) is 19.1 Å². The summed E-state index contributed by atoms with van der Waals surface area (Å²) in [6, 6.07) is 19.5. The highest BCUT2D eigenvalue weighted by Crippen LogP contribution is 2.27. The Balaban J connectivity index is 1.58. The van der Waals surface area contributed by atoms with Crippen molar-refractivity contribution in [3.05, 3.63) is 66.2 Å². The average molecular weight is 374 g/mol. The highest BCUT2D eigenvalue weighted by molar-refractivity contribution is 5.89. The standard InChI is InChI=1S/C22H22N4O2/c1-2-28-22(27)16-8-10-17(11-9-16)23-19-14-20(24-18-12-13-18)26-21(25-19)15-6-4-3-5-7-15/h3-11,14,18H,2,12-13H2,1H3,(H2,23,24,25,26). The van der Waals surface area contributed by atoms with Gasteiger partial charge in [-0.1, -0.05) is 30.3 Å². The molecule has 142 valence electrons. The van der Waals surface area contributed by atoms with Crippen LogP contribution < -0.4 is 10.6 Å². The lowest BCUT2D eigenvalue weighted by Gasteiger charge is -2.12. The van der Waals surface area contributed by atoms with E-state index in [0.29, 0.717) is 29.9 Å². The molecule has 28 heavy (non-hydrogen) atoms. The average Bonchev–Trinajstić information content (AvgIpc) is 3.53. The number of aromatic nitrogens is 2. The van der Waals surface area contributed by atoms with E-state index in [1.807, 2.05) is 48.5 Å². The first-order valence-corrected chi connectivity index (χ1v) is 9.46. The summed E-state index contributed by atoms with van der Waals surface area (Å²) < 4.78 is 5.02. The number of carbonyl (C=O) groups is 1. The fourth-order valence-corrected chi connectivity index (χ4v) is 2.79. The van der Waals surface area contributed by atoms with Crippen molar-refractivity contribution in [2.45, 2.75) is 25.8 Å². The van der Waals surface area contributed by atoms with E-state index in [-0.39, 0.29) is 5.97 Å². The number of carbonyl (C=O) groups excluding carboxylic acids is 1. The molecule has 1 heterocycles. The molecule has 0 amide bonds. The van der Waals surface area contributed by atoms with Gasteiger partial charge in [0.15, 0.2) is 5.82 Å². The zero-order valence-electron chi connectivity index (χ0n) is 15.7. The lowest BCUT2D eigenvalue weighted by molar-refractivity contribution is 0.0526. The summed E-state index contributed by atoms with van der Waals surface area (Å²) in [6.07, 6.45) is 2.34. The summed E-state index contributed by atoms with van der Waals surface area (Å²) in [6.45, 7) is 2.15. The Morgan fingerprint density at radius 2 is 1.75 bits per heavy atom. The maximum atomic E-state index is 11.8. The molecule has 0 atom stereocenters. The van der Waals surface area contributed by atoms with Crippen LogP contribution in [-0.4, -0.2) is 28.6 Å². The van der Waals surface area contributed by atoms with Gasteiger partial charge in [-0.15, -0.1) is 0 Å². The Hall–Kier alpha value is -3.41. The third-order valence-corrected chi connectivity index (χ3v) is 4.36. The molecule has 0 unspecified atom stereocenters. The van der Waals surface area contributed by atoms with Crippen molar-refractivity contribution in [1.29, 1.82) is 0 Å². The van der Waals surface area contributed by atoms with Crippen LogP contribution >= 0.6 is 0 Å². The van der Waals surface area contributed by atoms with Gasteiger partial charge < -0.3 is 15.4 Å². The van der Waals surface area contributed by atoms with Gasteiger partial charge in [-0.05, 0) is 44.0 Å². The van der Waals surface area contributed by atoms with Crippen LogP contribution in [0.2, 0.25) is 0 Å². The van der Waals surface area contributed by atoms with E-state index in [9.17, 15) is 4.79 Å². The van der Waals surface area contributed by atoms with Crippen molar-refractivity contribution in [2.24, 2.45) is 0 Å². The Bertz CT molecular complexity index is 954. The predicted molar refractivity (Wildman–Crippen MR) is 110 cm³/mol. The van der Waals surface area contributed by atoms with Gasteiger partial charge >= 0.3 is 5.97 Å². The third-order valence-electron chi connectivity index (χ3n) is 4.36. The molecule has 0 spiro atoms. The van der Waals surface area contributed by atoms with E-state index in [1.165, 1.54) is 12.8 Å². The number of hydrogen-bond donors (Lipinski definition) is 2. The van der Waals surface area contributed by atoms with Crippen molar-refractivity contribution < 1.29 is 9.53 Å². The lowest BCUT2D eigenvalue weighted by atomic mass is 10.2. The maximum Gasteiger partial charge on any atom is 0.338 e. The highest BCUT2D eigenvalue weighted by Gasteiger charge is 2.22. The third kappa shape index (κ3) is 4.46. The van der Waals surface area contributed by atoms with Crippen molar-refractivity contribution in [3.8, 4) is 11.4 Å². The number of nitrogens with zero attached hydrogens (tertiary/aromatic N) is 2. The van der Waals surface area contributed by atoms with Gasteiger partial charge in [-0.25, -0.2) is 14.8 Å². The van der Waals surface area contributed by atoms with Gasteiger partial charge in [0.1, 0.15) is 11.6 Å². The van der Waals surface area contributed by atoms with E-state index in [0.717, 1.165) is 17.1 Å². The molecule has 4 rings (SSSR count). The molecule has 0 saturated heterocycles. The van der Waals surface area contributed by atoms with Crippen LogP contribution in [0.4, 0.5) is 17.3 Å². The minimum absolute atomic E-state index is 0.321. The first-order chi connectivity index (χ1) is 13.7. The first kappa shape index (κ1) is 18.0. The molecule has 6 nitrogen and oxygen atoms in total. The number of anilines is 3. The number of esters is 1. The number of ether oxygens (including phenoxy) is 1. The number of benzene rings is 2. The summed E-state index contributed by atoms with van der Waals surface area (Å²) in [5.41, 5.74) is 2.32. The van der Waals surface area contributed by atoms with Gasteiger partial charge in [-0.3, -0.25) is 0 Å². The van der Waals surface area contributed by atoms with Gasteiger partial charge in [0.05, 0.1) is 12.2 Å². The van der Waals surface area contributed by atoms with Crippen LogP contribution in [0, 0.1) is 0 Å². The zero-order chi connectivity index (χ0) is 19.3. The molecule has 6 heteroatoms. The van der Waals surface area contributed by atoms with Crippen LogP contribution in [-0.2, 0) is 4.74 Å². The molecule has 2 N–H and O–H groups in total. The summed E-state index contributed by atoms with van der Waals surface area (Å²) in [5, 5.41) is 6.74. The summed E-state index contributed by atoms with van der Waals surface area (Å²) in [7, 11) is 0. The molecule has 0 bridgehead atoms. The van der Waals surface area contributed by atoms with E-state index >= 15 is 0 Å². The molecule has 3 aromatic rings. The van der Waals surface area contributed by atoms with Crippen LogP contribution in [0.15, 0.2) is 60.7 Å². The molecule has 1 fully saturated rings. The SMILES string of the molecule is CCOC(=O)c1ccc(Nc2cc(NC3CC3)nc(-c3ccccc3)n2)cc1. The first-order valence-electron chi connectivity index (χ1n) is 9.46. The summed E-state index contributed by atoms with van der Waals surface area (Å²) in [4.78, 5) is 21.1. The fraction of sp³-hybridized carbons (Fsp3) is 0.227. The van der Waals surface area contributed by atoms with Gasteiger partial charge in [-0.2, -0.15) is 0 Å². The fourth-order valence-electron chi connectivity index (χ4n) is 2.79. The van der Waals surface area contributed by atoms with Crippen molar-refractivity contribution in [3.63, 3.8) is 0 Å². The van der Waals surface area contributed by atoms with Crippen LogP contribution in [0.5, 0.6) is 0 Å². The second-order valence-electron chi connectivity index (χ2n) is 6.67. The molecule has 1 aliphatic rings. The van der Waals surface area contributed by atoms with Crippen LogP contribution in [0.1, 0.15) is 30.1 Å². The number of rotatable bonds is 7. The molecule has 0 aliphatic heterocycles. The van der Waals surface area contributed by atoms with Crippen molar-refractivity contribution in [2.75, 3.05) is 17.2 Å². The molecule has 1 aromatic heterocycles. The van der Waals surface area contributed by atoms with Crippen LogP contribution in [0.3, 0.4) is 0 Å². The Morgan fingerprint density at radius 1 is 1.04 bits per heavy atom. The highest BCUT2D eigenvalue weighted by atomic mass is 16.5. The van der Waals surface area contributed by atoms with E-state index in [2.05, 4.69) is 20.6 Å². The summed E-state index contributed by atoms with van der Waals surface area (Å²) >= 11 is 0. The zero-order valence-corrected chi connectivity index (χ0v) is 15.7. The van der Waals surface area contributed by atoms with Gasteiger partial charge in [0, 0.05) is 23.4 Å². The molecule has 2 aromatic carbocycles. The molecule has 1 saturated carbocycles. The maximum absolute atomic E-state index is 11.8. The molecule has 1 aliphatic carbocycles. The smallest absolute Gasteiger partial charge is 0.338 e. The van der Waals surface area contributed by atoms with Gasteiger partial charge in [0.25, 0.3) is 0 Å². The Labute approximate surface area is 164 Å². The molecular weight excluding hydrogens is 352 g/mol. The van der Waals surface area contributed by atoms with Crippen molar-refractivity contribution >= 4 is 23.3 Å². The lowest BCUT2D eigenvalue weighted by Crippen LogP contribution is -2.07. The Morgan fingerprint density at radius 3 is 2.43 bits per heavy atom. The van der Waals surface area contributed by atoms with Crippen LogP contribution in [0.25, 0.3) is 11.4 Å². The largest absolute Gasteiger partial charge is 0.462 e. The second-order valence-corrected chi connectivity index (χ2v) is 6.67. The quantitative estimate of drug-likeness (QED) is 0.587. The van der Waals surface area contributed by atoms with Gasteiger partial charge in [0.2, 0.25) is 0 Å². The topological polar surface area (TPSA) is 76.1 Å². The Kier molecular flexibility index (Phi) is 5.19. The molecule has 0 radical (unpaired) electrons. The number of hydrogen-bond acceptors (Lipinski definition) is 6. The van der Waals surface area contributed by atoms with E-state index < -0.39 is 0 Å². The van der Waals surface area contributed by atoms with Crippen molar-refractivity contribution in [1.82, 2.24) is 9.97 Å². The molecular formula is C22H22N4O2.